The Bertz CT molecular complexity index is 1660. The molecular weight excluding hydrogens is 485 g/mol. The van der Waals surface area contributed by atoms with Crippen molar-refractivity contribution in [1.82, 2.24) is 9.88 Å². The Morgan fingerprint density at radius 1 is 1.05 bits per heavy atom. The Balaban J connectivity index is 1.47. The van der Waals surface area contributed by atoms with Gasteiger partial charge in [-0.1, -0.05) is 42.0 Å². The molecule has 2 N–H and O–H groups in total. The number of nitrogens with zero attached hydrogens (tertiary/aromatic N) is 1. The van der Waals surface area contributed by atoms with E-state index in [2.05, 4.69) is 28.2 Å². The molecule has 2 fully saturated rings. The molecule has 2 saturated heterocycles. The van der Waals surface area contributed by atoms with E-state index in [4.69, 9.17) is 0 Å². The first-order chi connectivity index (χ1) is 18.0. The van der Waals surface area contributed by atoms with Gasteiger partial charge < -0.3 is 10.3 Å². The lowest BCUT2D eigenvalue weighted by Crippen LogP contribution is -2.59. The standard InChI is InChI=1S/C30H24FN3O2S/c1-16-6-11-22-19(12-16)20-13-29(27(35)26(20)32-22)25(17-7-9-18(31)10-8-17)24-14-37-15-34(24)30(29)21-4-2-3-5-23(21)33-28(30)36/h2-12,24-25,32H,13-15H2,1H3,(H,33,36). The van der Waals surface area contributed by atoms with Gasteiger partial charge in [0, 0.05) is 45.7 Å². The molecule has 2 spiro atoms. The number of H-pyrrole nitrogens is 1. The molecule has 7 heteroatoms. The summed E-state index contributed by atoms with van der Waals surface area (Å²) in [5.74, 6) is 0.737. The summed E-state index contributed by atoms with van der Waals surface area (Å²) in [5.41, 5.74) is 4.00. The molecule has 8 rings (SSSR count). The van der Waals surface area contributed by atoms with Crippen molar-refractivity contribution in [2.75, 3.05) is 16.9 Å². The second-order valence-electron chi connectivity index (χ2n) is 10.8. The van der Waals surface area contributed by atoms with Crippen LogP contribution in [0.3, 0.4) is 0 Å². The number of halogens is 1. The Morgan fingerprint density at radius 3 is 2.70 bits per heavy atom. The molecule has 0 radical (unpaired) electrons. The fourth-order valence-corrected chi connectivity index (χ4v) is 9.20. The summed E-state index contributed by atoms with van der Waals surface area (Å²) in [4.78, 5) is 35.0. The molecule has 4 aliphatic rings. The second-order valence-corrected chi connectivity index (χ2v) is 11.8. The van der Waals surface area contributed by atoms with Crippen molar-refractivity contribution in [3.8, 4) is 0 Å². The third kappa shape index (κ3) is 2.40. The number of Topliss-reactive ketones (excluding diaryl/α,β-unsaturated/α-hetero) is 1. The van der Waals surface area contributed by atoms with Crippen molar-refractivity contribution in [3.63, 3.8) is 0 Å². The molecule has 4 atom stereocenters. The van der Waals surface area contributed by atoms with Gasteiger partial charge in [-0.3, -0.25) is 14.5 Å². The summed E-state index contributed by atoms with van der Waals surface area (Å²) < 4.78 is 14.1. The summed E-state index contributed by atoms with van der Waals surface area (Å²) >= 11 is 1.79. The summed E-state index contributed by atoms with van der Waals surface area (Å²) in [5, 5.41) is 4.19. The molecule has 0 saturated carbocycles. The molecule has 184 valence electrons. The highest BCUT2D eigenvalue weighted by Crippen LogP contribution is 2.70. The average Bonchev–Trinajstić information content (AvgIpc) is 3.66. The van der Waals surface area contributed by atoms with Crippen LogP contribution in [0.15, 0.2) is 66.7 Å². The minimum Gasteiger partial charge on any atom is -0.352 e. The Labute approximate surface area is 217 Å². The number of aromatic nitrogens is 1. The number of amides is 1. The fraction of sp³-hybridized carbons (Fsp3) is 0.267. The third-order valence-corrected chi connectivity index (χ3v) is 10.2. The molecule has 4 unspecified atom stereocenters. The van der Waals surface area contributed by atoms with Crippen LogP contribution in [-0.2, 0) is 16.8 Å². The van der Waals surface area contributed by atoms with Crippen LogP contribution in [0.4, 0.5) is 10.1 Å². The van der Waals surface area contributed by atoms with Crippen molar-refractivity contribution in [2.45, 2.75) is 30.8 Å². The molecule has 5 nitrogen and oxygen atoms in total. The zero-order valence-corrected chi connectivity index (χ0v) is 21.0. The van der Waals surface area contributed by atoms with E-state index in [0.717, 1.165) is 44.6 Å². The first-order valence-corrected chi connectivity index (χ1v) is 13.8. The average molecular weight is 510 g/mol. The van der Waals surface area contributed by atoms with E-state index in [0.29, 0.717) is 18.0 Å². The van der Waals surface area contributed by atoms with Crippen LogP contribution >= 0.6 is 11.8 Å². The molecule has 3 aromatic carbocycles. The van der Waals surface area contributed by atoms with Gasteiger partial charge in [0.25, 0.3) is 5.91 Å². The molecular formula is C30H24FN3O2S. The van der Waals surface area contributed by atoms with E-state index >= 15 is 0 Å². The SMILES string of the molecule is Cc1ccc2[nH]c3c(c2c1)CC1(C3=O)C(c2ccc(F)cc2)C2CSCN2C12C(=O)Nc1ccccc12. The first kappa shape index (κ1) is 21.6. The number of fused-ring (bicyclic) bond motifs is 8. The first-order valence-electron chi connectivity index (χ1n) is 12.6. The van der Waals surface area contributed by atoms with Crippen LogP contribution in [-0.4, -0.2) is 39.2 Å². The number of thioether (sulfide) groups is 1. The van der Waals surface area contributed by atoms with Crippen molar-refractivity contribution in [3.05, 3.63) is 100 Å². The zero-order valence-electron chi connectivity index (χ0n) is 20.2. The van der Waals surface area contributed by atoms with Crippen molar-refractivity contribution in [2.24, 2.45) is 5.41 Å². The largest absolute Gasteiger partial charge is 0.352 e. The Kier molecular flexibility index (Phi) is 4.16. The van der Waals surface area contributed by atoms with Crippen molar-refractivity contribution in [1.29, 1.82) is 0 Å². The maximum atomic E-state index is 15.0. The van der Waals surface area contributed by atoms with Gasteiger partial charge in [0.2, 0.25) is 0 Å². The van der Waals surface area contributed by atoms with E-state index in [1.54, 1.807) is 11.8 Å². The summed E-state index contributed by atoms with van der Waals surface area (Å²) in [7, 11) is 0. The summed E-state index contributed by atoms with van der Waals surface area (Å²) in [6.07, 6.45) is 0.450. The molecule has 1 aromatic heterocycles. The molecule has 3 aliphatic heterocycles. The maximum Gasteiger partial charge on any atom is 0.250 e. The minimum absolute atomic E-state index is 0.0167. The Morgan fingerprint density at radius 2 is 1.86 bits per heavy atom. The van der Waals surface area contributed by atoms with Gasteiger partial charge in [-0.15, -0.1) is 11.8 Å². The van der Waals surface area contributed by atoms with Gasteiger partial charge in [0.15, 0.2) is 5.78 Å². The Hall–Kier alpha value is -3.42. The molecule has 1 aliphatic carbocycles. The van der Waals surface area contributed by atoms with E-state index < -0.39 is 11.0 Å². The van der Waals surface area contributed by atoms with Gasteiger partial charge in [-0.25, -0.2) is 4.39 Å². The summed E-state index contributed by atoms with van der Waals surface area (Å²) in [6.45, 7) is 2.05. The van der Waals surface area contributed by atoms with Crippen LogP contribution in [0, 0.1) is 18.2 Å². The number of hydrogen-bond acceptors (Lipinski definition) is 4. The van der Waals surface area contributed by atoms with Crippen LogP contribution in [0.1, 0.15) is 38.7 Å². The number of para-hydroxylation sites is 1. The quantitative estimate of drug-likeness (QED) is 0.363. The highest BCUT2D eigenvalue weighted by atomic mass is 32.2. The molecule has 0 bridgehead atoms. The lowest BCUT2D eigenvalue weighted by Gasteiger charge is -2.44. The number of benzene rings is 3. The highest BCUT2D eigenvalue weighted by Gasteiger charge is 2.79. The second kappa shape index (κ2) is 7.11. The minimum atomic E-state index is -1.15. The van der Waals surface area contributed by atoms with Crippen molar-refractivity contribution < 1.29 is 14.0 Å². The number of aryl methyl sites for hydroxylation is 1. The smallest absolute Gasteiger partial charge is 0.250 e. The van der Waals surface area contributed by atoms with Crippen molar-refractivity contribution >= 4 is 40.0 Å². The zero-order chi connectivity index (χ0) is 25.1. The molecule has 4 aromatic rings. The van der Waals surface area contributed by atoms with Crippen LogP contribution in [0.2, 0.25) is 0 Å². The van der Waals surface area contributed by atoms with E-state index in [-0.39, 0.29) is 29.5 Å². The van der Waals surface area contributed by atoms with Gasteiger partial charge >= 0.3 is 0 Å². The van der Waals surface area contributed by atoms with Crippen LogP contribution in [0.25, 0.3) is 10.9 Å². The predicted molar refractivity (Wildman–Crippen MR) is 142 cm³/mol. The molecule has 37 heavy (non-hydrogen) atoms. The van der Waals surface area contributed by atoms with Crippen LogP contribution < -0.4 is 5.32 Å². The number of nitrogens with one attached hydrogen (secondary N) is 2. The maximum absolute atomic E-state index is 15.0. The number of carbonyl (C=O) groups is 2. The lowest BCUT2D eigenvalue weighted by molar-refractivity contribution is -0.130. The fourth-order valence-electron chi connectivity index (χ4n) is 7.90. The highest BCUT2D eigenvalue weighted by molar-refractivity contribution is 7.99. The summed E-state index contributed by atoms with van der Waals surface area (Å²) in [6, 6.07) is 20.5. The van der Waals surface area contributed by atoms with E-state index in [9.17, 15) is 14.0 Å². The number of rotatable bonds is 1. The van der Waals surface area contributed by atoms with Gasteiger partial charge in [0.1, 0.15) is 11.4 Å². The topological polar surface area (TPSA) is 65.2 Å². The number of carbonyl (C=O) groups excluding carboxylic acids is 2. The normalized spacial score (nSPS) is 29.9. The monoisotopic (exact) mass is 509 g/mol. The molecule has 4 heterocycles. The third-order valence-electron chi connectivity index (χ3n) is 9.18. The number of aromatic amines is 1. The van der Waals surface area contributed by atoms with E-state index in [1.165, 1.54) is 12.1 Å². The number of anilines is 1. The van der Waals surface area contributed by atoms with Gasteiger partial charge in [-0.05, 0) is 54.8 Å². The van der Waals surface area contributed by atoms with E-state index in [1.807, 2.05) is 48.5 Å². The molecule has 1 amide bonds. The van der Waals surface area contributed by atoms with Gasteiger partial charge in [0.05, 0.1) is 11.1 Å². The predicted octanol–water partition coefficient (Wildman–Crippen LogP) is 5.36. The number of hydrogen-bond donors (Lipinski definition) is 2. The number of ketones is 1. The van der Waals surface area contributed by atoms with Crippen LogP contribution in [0.5, 0.6) is 0 Å². The lowest BCUT2D eigenvalue weighted by atomic mass is 9.58. The van der Waals surface area contributed by atoms with Gasteiger partial charge in [-0.2, -0.15) is 0 Å².